The summed E-state index contributed by atoms with van der Waals surface area (Å²) in [4.78, 5) is 12.8. The molecule has 2 rings (SSSR count). The topological polar surface area (TPSA) is 41.1 Å². The van der Waals surface area contributed by atoms with Gasteiger partial charge in [0.1, 0.15) is 0 Å². The lowest BCUT2D eigenvalue weighted by atomic mass is 10.1. The number of hydrogen-bond donors (Lipinski definition) is 2. The summed E-state index contributed by atoms with van der Waals surface area (Å²) in [7, 11) is 0. The van der Waals surface area contributed by atoms with Crippen molar-refractivity contribution in [3.63, 3.8) is 0 Å². The Labute approximate surface area is 137 Å². The van der Waals surface area contributed by atoms with E-state index < -0.39 is 0 Å². The van der Waals surface area contributed by atoms with Crippen molar-refractivity contribution in [2.75, 3.05) is 10.6 Å². The Morgan fingerprint density at radius 1 is 1.38 bits per heavy atom. The molecule has 21 heavy (non-hydrogen) atoms. The van der Waals surface area contributed by atoms with E-state index >= 15 is 0 Å². The first-order valence-electron chi connectivity index (χ1n) is 6.91. The van der Waals surface area contributed by atoms with Crippen LogP contribution in [0.1, 0.15) is 36.8 Å². The monoisotopic (exact) mass is 366 g/mol. The molecule has 0 aliphatic heterocycles. The third-order valence-corrected chi connectivity index (χ3v) is 5.31. The molecule has 0 saturated carbocycles. The molecule has 2 N–H and O–H groups in total. The third kappa shape index (κ3) is 4.08. The molecule has 112 valence electrons. The van der Waals surface area contributed by atoms with Crippen molar-refractivity contribution in [1.29, 1.82) is 0 Å². The quantitative estimate of drug-likeness (QED) is 0.749. The Balaban J connectivity index is 2.17. The number of benzene rings is 1. The zero-order valence-corrected chi connectivity index (χ0v) is 14.8. The molecule has 0 radical (unpaired) electrons. The van der Waals surface area contributed by atoms with Gasteiger partial charge in [-0.05, 0) is 58.9 Å². The molecule has 1 unspecified atom stereocenters. The lowest BCUT2D eigenvalue weighted by Crippen LogP contribution is -2.11. The van der Waals surface area contributed by atoms with Gasteiger partial charge in [0, 0.05) is 27.1 Å². The average Bonchev–Trinajstić information content (AvgIpc) is 2.88. The number of nitrogens with one attached hydrogen (secondary N) is 2. The van der Waals surface area contributed by atoms with Gasteiger partial charge in [-0.15, -0.1) is 11.3 Å². The number of halogens is 1. The third-order valence-electron chi connectivity index (χ3n) is 3.25. The van der Waals surface area contributed by atoms with Crippen LogP contribution in [-0.2, 0) is 4.79 Å². The van der Waals surface area contributed by atoms with Crippen LogP contribution in [0, 0.1) is 6.92 Å². The van der Waals surface area contributed by atoms with Crippen LogP contribution in [0.2, 0.25) is 0 Å². The van der Waals surface area contributed by atoms with Gasteiger partial charge in [-0.2, -0.15) is 0 Å². The highest BCUT2D eigenvalue weighted by atomic mass is 79.9. The van der Waals surface area contributed by atoms with E-state index in [0.29, 0.717) is 6.42 Å². The summed E-state index contributed by atoms with van der Waals surface area (Å²) < 4.78 is 1.13. The van der Waals surface area contributed by atoms with E-state index in [-0.39, 0.29) is 11.9 Å². The Morgan fingerprint density at radius 3 is 2.76 bits per heavy atom. The molecule has 0 spiro atoms. The van der Waals surface area contributed by atoms with Crippen molar-refractivity contribution in [3.05, 3.63) is 44.6 Å². The van der Waals surface area contributed by atoms with Crippen molar-refractivity contribution in [1.82, 2.24) is 0 Å². The summed E-state index contributed by atoms with van der Waals surface area (Å²) in [5, 5.41) is 8.48. The fraction of sp³-hybridized carbons (Fsp3) is 0.312. The Hall–Kier alpha value is -1.33. The van der Waals surface area contributed by atoms with Crippen LogP contribution in [0.3, 0.4) is 0 Å². The molecule has 0 aliphatic carbocycles. The van der Waals surface area contributed by atoms with Gasteiger partial charge in [0.15, 0.2) is 0 Å². The van der Waals surface area contributed by atoms with Gasteiger partial charge in [0.2, 0.25) is 5.91 Å². The first-order valence-corrected chi connectivity index (χ1v) is 8.58. The van der Waals surface area contributed by atoms with Crippen molar-refractivity contribution in [2.24, 2.45) is 0 Å². The number of carbonyl (C=O) groups is 1. The molecule has 1 aromatic heterocycles. The summed E-state index contributed by atoms with van der Waals surface area (Å²) in [5.74, 6) is 0.0267. The summed E-state index contributed by atoms with van der Waals surface area (Å²) in [6.07, 6.45) is 0.481. The minimum Gasteiger partial charge on any atom is -0.377 e. The molecule has 1 amide bonds. The number of anilines is 2. The van der Waals surface area contributed by atoms with E-state index in [1.807, 2.05) is 25.1 Å². The highest BCUT2D eigenvalue weighted by molar-refractivity contribution is 9.10. The van der Waals surface area contributed by atoms with E-state index in [1.165, 1.54) is 4.88 Å². The lowest BCUT2D eigenvalue weighted by Gasteiger charge is -2.17. The van der Waals surface area contributed by atoms with Crippen molar-refractivity contribution in [3.8, 4) is 0 Å². The second kappa shape index (κ2) is 7.09. The Kier molecular flexibility index (Phi) is 5.42. The summed E-state index contributed by atoms with van der Waals surface area (Å²) in [6.45, 7) is 6.04. The largest absolute Gasteiger partial charge is 0.377 e. The molecular formula is C16H19BrN2OS. The number of carbonyl (C=O) groups excluding carboxylic acids is 1. The molecule has 0 aliphatic rings. The first-order chi connectivity index (χ1) is 10.0. The van der Waals surface area contributed by atoms with E-state index in [2.05, 4.69) is 51.9 Å². The summed E-state index contributed by atoms with van der Waals surface area (Å²) in [5.41, 5.74) is 3.02. The fourth-order valence-corrected chi connectivity index (χ4v) is 3.74. The molecule has 3 nitrogen and oxygen atoms in total. The van der Waals surface area contributed by atoms with Crippen LogP contribution in [0.25, 0.3) is 0 Å². The van der Waals surface area contributed by atoms with Gasteiger partial charge in [0.25, 0.3) is 0 Å². The molecular weight excluding hydrogens is 348 g/mol. The molecule has 5 heteroatoms. The van der Waals surface area contributed by atoms with Crippen molar-refractivity contribution < 1.29 is 4.79 Å². The maximum Gasteiger partial charge on any atom is 0.224 e. The second-order valence-electron chi connectivity index (χ2n) is 4.93. The SMILES string of the molecule is CCC(=O)Nc1ccc(C)c(NC(C)c2sccc2Br)c1. The van der Waals surface area contributed by atoms with Crippen LogP contribution in [-0.4, -0.2) is 5.91 Å². The van der Waals surface area contributed by atoms with Gasteiger partial charge >= 0.3 is 0 Å². The minimum absolute atomic E-state index is 0.0267. The molecule has 0 saturated heterocycles. The van der Waals surface area contributed by atoms with Crippen molar-refractivity contribution >= 4 is 44.5 Å². The average molecular weight is 367 g/mol. The van der Waals surface area contributed by atoms with Gasteiger partial charge in [-0.25, -0.2) is 0 Å². The Morgan fingerprint density at radius 2 is 2.14 bits per heavy atom. The zero-order chi connectivity index (χ0) is 15.4. The molecule has 1 atom stereocenters. The predicted octanol–water partition coefficient (Wildman–Crippen LogP) is 5.34. The number of rotatable bonds is 5. The second-order valence-corrected chi connectivity index (χ2v) is 6.73. The fourth-order valence-electron chi connectivity index (χ4n) is 2.02. The number of hydrogen-bond acceptors (Lipinski definition) is 3. The summed E-state index contributed by atoms with van der Waals surface area (Å²) >= 11 is 5.29. The van der Waals surface area contributed by atoms with Crippen LogP contribution >= 0.6 is 27.3 Å². The minimum atomic E-state index is 0.0267. The van der Waals surface area contributed by atoms with Crippen LogP contribution < -0.4 is 10.6 Å². The number of thiophene rings is 1. The van der Waals surface area contributed by atoms with Crippen molar-refractivity contribution in [2.45, 2.75) is 33.2 Å². The maximum absolute atomic E-state index is 11.5. The van der Waals surface area contributed by atoms with Gasteiger partial charge in [0.05, 0.1) is 6.04 Å². The number of aryl methyl sites for hydroxylation is 1. The highest BCUT2D eigenvalue weighted by Crippen LogP contribution is 2.32. The van der Waals surface area contributed by atoms with Gasteiger partial charge in [-0.3, -0.25) is 4.79 Å². The zero-order valence-electron chi connectivity index (χ0n) is 12.4. The van der Waals surface area contributed by atoms with Gasteiger partial charge < -0.3 is 10.6 Å². The van der Waals surface area contributed by atoms with Crippen LogP contribution in [0.4, 0.5) is 11.4 Å². The summed E-state index contributed by atoms with van der Waals surface area (Å²) in [6, 6.07) is 8.20. The van der Waals surface area contributed by atoms with Gasteiger partial charge in [-0.1, -0.05) is 13.0 Å². The normalized spacial score (nSPS) is 12.0. The van der Waals surface area contributed by atoms with E-state index in [4.69, 9.17) is 0 Å². The smallest absolute Gasteiger partial charge is 0.224 e. The van der Waals surface area contributed by atoms with E-state index in [0.717, 1.165) is 21.4 Å². The number of amides is 1. The predicted molar refractivity (Wildman–Crippen MR) is 94.2 cm³/mol. The van der Waals surface area contributed by atoms with E-state index in [9.17, 15) is 4.79 Å². The van der Waals surface area contributed by atoms with Crippen LogP contribution in [0.5, 0.6) is 0 Å². The van der Waals surface area contributed by atoms with E-state index in [1.54, 1.807) is 11.3 Å². The standard InChI is InChI=1S/C16H19BrN2OS/c1-4-15(20)19-12-6-5-10(2)14(9-12)18-11(3)16-13(17)7-8-21-16/h5-9,11,18H,4H2,1-3H3,(H,19,20). The van der Waals surface area contributed by atoms with Crippen LogP contribution in [0.15, 0.2) is 34.1 Å². The first kappa shape index (κ1) is 16.0. The molecule has 0 fully saturated rings. The Bertz CT molecular complexity index is 639. The maximum atomic E-state index is 11.5. The molecule has 1 heterocycles. The molecule has 1 aromatic carbocycles. The lowest BCUT2D eigenvalue weighted by molar-refractivity contribution is -0.115. The molecule has 0 bridgehead atoms. The molecule has 2 aromatic rings. The highest BCUT2D eigenvalue weighted by Gasteiger charge is 2.12.